The molecule has 0 spiro atoms. The van der Waals surface area contributed by atoms with Crippen LogP contribution in [0.2, 0.25) is 0 Å². The summed E-state index contributed by atoms with van der Waals surface area (Å²) >= 11 is 0. The molecular weight excluding hydrogens is 308 g/mol. The van der Waals surface area contributed by atoms with Crippen molar-refractivity contribution in [2.24, 2.45) is 0 Å². The molecule has 0 radical (unpaired) electrons. The van der Waals surface area contributed by atoms with Gasteiger partial charge in [-0.25, -0.2) is 9.97 Å². The standard InChI is InChI=1S/C16H24N6O2/c1-2-22-11-17-8-13(22)9-19-15-7-14(12-3-6-24-10-12)20-16(21-15)18-4-5-23/h7-8,11-12,23H,2-6,9-10H2,1H3,(H2,18,19,20,21)/t12-/m1/s1. The first kappa shape index (κ1) is 16.7. The second kappa shape index (κ2) is 8.07. The Morgan fingerprint density at radius 1 is 1.38 bits per heavy atom. The van der Waals surface area contributed by atoms with Gasteiger partial charge in [-0.2, -0.15) is 4.98 Å². The van der Waals surface area contributed by atoms with Gasteiger partial charge in [-0.1, -0.05) is 0 Å². The first-order valence-electron chi connectivity index (χ1n) is 8.34. The first-order chi connectivity index (χ1) is 11.8. The SMILES string of the molecule is CCn1cncc1CNc1cc([C@@H]2CCOC2)nc(NCCO)n1. The van der Waals surface area contributed by atoms with Gasteiger partial charge in [0, 0.05) is 37.9 Å². The van der Waals surface area contributed by atoms with Crippen molar-refractivity contribution in [2.75, 3.05) is 37.0 Å². The zero-order valence-electron chi connectivity index (χ0n) is 13.9. The lowest BCUT2D eigenvalue weighted by Crippen LogP contribution is -2.14. The zero-order valence-corrected chi connectivity index (χ0v) is 13.9. The molecule has 130 valence electrons. The Bertz CT molecular complexity index is 654. The summed E-state index contributed by atoms with van der Waals surface area (Å²) in [5.41, 5.74) is 2.07. The van der Waals surface area contributed by atoms with Crippen LogP contribution in [0.5, 0.6) is 0 Å². The van der Waals surface area contributed by atoms with E-state index in [0.29, 0.717) is 31.6 Å². The third-order valence-electron chi connectivity index (χ3n) is 4.08. The van der Waals surface area contributed by atoms with E-state index in [-0.39, 0.29) is 6.61 Å². The molecule has 1 aliphatic rings. The van der Waals surface area contributed by atoms with Crippen LogP contribution in [0.1, 0.15) is 30.7 Å². The normalized spacial score (nSPS) is 17.2. The van der Waals surface area contributed by atoms with Crippen LogP contribution >= 0.6 is 0 Å². The fourth-order valence-corrected chi connectivity index (χ4v) is 2.74. The lowest BCUT2D eigenvalue weighted by molar-refractivity contribution is 0.193. The number of ether oxygens (including phenoxy) is 1. The Morgan fingerprint density at radius 3 is 3.04 bits per heavy atom. The minimum atomic E-state index is 0.0403. The number of hydrogen-bond donors (Lipinski definition) is 3. The minimum absolute atomic E-state index is 0.0403. The number of nitrogens with zero attached hydrogens (tertiary/aromatic N) is 4. The maximum atomic E-state index is 9.00. The van der Waals surface area contributed by atoms with Crippen LogP contribution < -0.4 is 10.6 Å². The van der Waals surface area contributed by atoms with E-state index < -0.39 is 0 Å². The van der Waals surface area contributed by atoms with Crippen molar-refractivity contribution in [1.29, 1.82) is 0 Å². The molecule has 1 aliphatic heterocycles. The van der Waals surface area contributed by atoms with E-state index in [1.54, 1.807) is 0 Å². The van der Waals surface area contributed by atoms with E-state index in [2.05, 4.69) is 37.1 Å². The van der Waals surface area contributed by atoms with Crippen LogP contribution in [0, 0.1) is 0 Å². The molecule has 0 bridgehead atoms. The third kappa shape index (κ3) is 4.01. The third-order valence-corrected chi connectivity index (χ3v) is 4.08. The molecule has 1 fully saturated rings. The monoisotopic (exact) mass is 332 g/mol. The molecule has 8 nitrogen and oxygen atoms in total. The number of anilines is 2. The zero-order chi connectivity index (χ0) is 16.8. The van der Waals surface area contributed by atoms with Crippen LogP contribution in [-0.4, -0.2) is 51.0 Å². The highest BCUT2D eigenvalue weighted by Crippen LogP contribution is 2.26. The van der Waals surface area contributed by atoms with Crippen molar-refractivity contribution in [3.63, 3.8) is 0 Å². The Labute approximate surface area is 141 Å². The smallest absolute Gasteiger partial charge is 0.224 e. The molecular formula is C16H24N6O2. The summed E-state index contributed by atoms with van der Waals surface area (Å²) in [5, 5.41) is 15.4. The van der Waals surface area contributed by atoms with Gasteiger partial charge in [0.2, 0.25) is 5.95 Å². The number of aryl methyl sites for hydroxylation is 1. The average molecular weight is 332 g/mol. The van der Waals surface area contributed by atoms with Gasteiger partial charge in [0.1, 0.15) is 5.82 Å². The highest BCUT2D eigenvalue weighted by atomic mass is 16.5. The van der Waals surface area contributed by atoms with Crippen LogP contribution in [0.15, 0.2) is 18.6 Å². The van der Waals surface area contributed by atoms with Crippen LogP contribution in [-0.2, 0) is 17.8 Å². The van der Waals surface area contributed by atoms with E-state index in [0.717, 1.165) is 36.8 Å². The average Bonchev–Trinajstić information content (AvgIpc) is 3.29. The Morgan fingerprint density at radius 2 is 2.29 bits per heavy atom. The molecule has 0 aromatic carbocycles. The molecule has 3 heterocycles. The second-order valence-electron chi connectivity index (χ2n) is 5.74. The molecule has 24 heavy (non-hydrogen) atoms. The summed E-state index contributed by atoms with van der Waals surface area (Å²) in [4.78, 5) is 13.2. The predicted octanol–water partition coefficient (Wildman–Crippen LogP) is 1.21. The minimum Gasteiger partial charge on any atom is -0.395 e. The van der Waals surface area contributed by atoms with Crippen molar-refractivity contribution in [3.8, 4) is 0 Å². The van der Waals surface area contributed by atoms with Gasteiger partial charge in [-0.15, -0.1) is 0 Å². The fraction of sp³-hybridized carbons (Fsp3) is 0.562. The maximum absolute atomic E-state index is 9.00. The molecule has 1 atom stereocenters. The van der Waals surface area contributed by atoms with E-state index in [4.69, 9.17) is 9.84 Å². The second-order valence-corrected chi connectivity index (χ2v) is 5.74. The van der Waals surface area contributed by atoms with Crippen molar-refractivity contribution in [2.45, 2.75) is 32.4 Å². The van der Waals surface area contributed by atoms with Gasteiger partial charge in [-0.05, 0) is 13.3 Å². The van der Waals surface area contributed by atoms with Crippen molar-refractivity contribution in [1.82, 2.24) is 19.5 Å². The summed E-state index contributed by atoms with van der Waals surface area (Å²) in [6.07, 6.45) is 4.65. The van der Waals surface area contributed by atoms with Gasteiger partial charge in [0.15, 0.2) is 0 Å². The quantitative estimate of drug-likeness (QED) is 0.668. The van der Waals surface area contributed by atoms with E-state index in [1.165, 1.54) is 0 Å². The number of hydrogen-bond acceptors (Lipinski definition) is 7. The lowest BCUT2D eigenvalue weighted by Gasteiger charge is -2.14. The van der Waals surface area contributed by atoms with Crippen molar-refractivity contribution in [3.05, 3.63) is 30.0 Å². The van der Waals surface area contributed by atoms with Gasteiger partial charge < -0.3 is 25.0 Å². The molecule has 0 aliphatic carbocycles. The van der Waals surface area contributed by atoms with Gasteiger partial charge in [0.25, 0.3) is 0 Å². The van der Waals surface area contributed by atoms with Crippen LogP contribution in [0.25, 0.3) is 0 Å². The Kier molecular flexibility index (Phi) is 5.60. The first-order valence-corrected chi connectivity index (χ1v) is 8.34. The molecule has 8 heteroatoms. The van der Waals surface area contributed by atoms with Crippen molar-refractivity contribution < 1.29 is 9.84 Å². The number of nitrogens with one attached hydrogen (secondary N) is 2. The molecule has 0 amide bonds. The van der Waals surface area contributed by atoms with Gasteiger partial charge in [-0.3, -0.25) is 0 Å². The van der Waals surface area contributed by atoms with E-state index in [9.17, 15) is 0 Å². The summed E-state index contributed by atoms with van der Waals surface area (Å²) in [5.74, 6) is 1.58. The summed E-state index contributed by atoms with van der Waals surface area (Å²) in [6.45, 7) is 5.54. The largest absolute Gasteiger partial charge is 0.395 e. The maximum Gasteiger partial charge on any atom is 0.224 e. The van der Waals surface area contributed by atoms with Gasteiger partial charge in [0.05, 0.1) is 37.5 Å². The van der Waals surface area contributed by atoms with Crippen molar-refractivity contribution >= 4 is 11.8 Å². The van der Waals surface area contributed by atoms with Crippen LogP contribution in [0.4, 0.5) is 11.8 Å². The molecule has 0 saturated carbocycles. The number of aliphatic hydroxyl groups is 1. The number of aliphatic hydroxyl groups excluding tert-OH is 1. The summed E-state index contributed by atoms with van der Waals surface area (Å²) < 4.78 is 7.56. The van der Waals surface area contributed by atoms with Crippen LogP contribution in [0.3, 0.4) is 0 Å². The lowest BCUT2D eigenvalue weighted by atomic mass is 10.0. The van der Waals surface area contributed by atoms with Gasteiger partial charge >= 0.3 is 0 Å². The number of imidazole rings is 1. The number of rotatable bonds is 8. The Hall–Kier alpha value is -2.19. The summed E-state index contributed by atoms with van der Waals surface area (Å²) in [6, 6.07) is 1.98. The predicted molar refractivity (Wildman–Crippen MR) is 91.0 cm³/mol. The molecule has 0 unspecified atom stereocenters. The topological polar surface area (TPSA) is 97.1 Å². The highest BCUT2D eigenvalue weighted by molar-refractivity contribution is 5.43. The molecule has 2 aromatic heterocycles. The molecule has 3 N–H and O–H groups in total. The van der Waals surface area contributed by atoms with E-state index in [1.807, 2.05) is 18.6 Å². The summed E-state index contributed by atoms with van der Waals surface area (Å²) in [7, 11) is 0. The number of aromatic nitrogens is 4. The fourth-order valence-electron chi connectivity index (χ4n) is 2.74. The molecule has 2 aromatic rings. The molecule has 1 saturated heterocycles. The highest BCUT2D eigenvalue weighted by Gasteiger charge is 2.20. The molecule has 3 rings (SSSR count). The Balaban J connectivity index is 1.75. The van der Waals surface area contributed by atoms with E-state index >= 15 is 0 Å².